The number of carbonyl (C=O) groups excluding carboxylic acids is 1. The van der Waals surface area contributed by atoms with Crippen LogP contribution in [0.3, 0.4) is 0 Å². The maximum atomic E-state index is 13.2. The van der Waals surface area contributed by atoms with Crippen molar-refractivity contribution in [1.29, 1.82) is 0 Å². The van der Waals surface area contributed by atoms with Crippen LogP contribution in [0, 0.1) is 11.8 Å². The van der Waals surface area contributed by atoms with Crippen LogP contribution in [0.4, 0.5) is 0 Å². The highest BCUT2D eigenvalue weighted by molar-refractivity contribution is 6.04. The molecule has 2 aliphatic rings. The molecule has 4 rings (SSSR count). The normalized spacial score (nSPS) is 19.2. The average Bonchev–Trinajstić information content (AvgIpc) is 2.77. The van der Waals surface area contributed by atoms with Crippen LogP contribution < -0.4 is 10.9 Å². The van der Waals surface area contributed by atoms with E-state index in [2.05, 4.69) is 15.3 Å². The molecule has 1 saturated heterocycles. The SMILES string of the molecule is CC(C)Cn1nc(C(=O)NC2CCN(CC3CCCCC3)CC2)c2ccccc2c1=O. The zero-order chi connectivity index (χ0) is 21.8. The van der Waals surface area contributed by atoms with E-state index in [0.717, 1.165) is 31.8 Å². The number of piperidine rings is 1. The number of likely N-dealkylation sites (tertiary alicyclic amines) is 1. The minimum Gasteiger partial charge on any atom is -0.348 e. The molecule has 2 fully saturated rings. The second-order valence-corrected chi connectivity index (χ2v) is 9.83. The molecule has 1 N–H and O–H groups in total. The first-order valence-corrected chi connectivity index (χ1v) is 12.0. The van der Waals surface area contributed by atoms with E-state index in [4.69, 9.17) is 0 Å². The predicted molar refractivity (Wildman–Crippen MR) is 124 cm³/mol. The van der Waals surface area contributed by atoms with Crippen LogP contribution in [-0.2, 0) is 6.54 Å². The van der Waals surface area contributed by atoms with Gasteiger partial charge in [0.1, 0.15) is 0 Å². The van der Waals surface area contributed by atoms with Crippen molar-refractivity contribution in [2.24, 2.45) is 11.8 Å². The molecule has 168 valence electrons. The first-order chi connectivity index (χ1) is 15.0. The summed E-state index contributed by atoms with van der Waals surface area (Å²) in [5.74, 6) is 0.965. The smallest absolute Gasteiger partial charge is 0.274 e. The van der Waals surface area contributed by atoms with Crippen molar-refractivity contribution in [3.8, 4) is 0 Å². The molecule has 2 heterocycles. The Hall–Kier alpha value is -2.21. The summed E-state index contributed by atoms with van der Waals surface area (Å²) in [4.78, 5) is 28.5. The minimum absolute atomic E-state index is 0.128. The number of nitrogens with zero attached hydrogens (tertiary/aromatic N) is 3. The molecule has 1 aromatic heterocycles. The third-order valence-corrected chi connectivity index (χ3v) is 6.78. The van der Waals surface area contributed by atoms with E-state index in [9.17, 15) is 9.59 Å². The van der Waals surface area contributed by atoms with Crippen molar-refractivity contribution >= 4 is 16.7 Å². The Morgan fingerprint density at radius 2 is 1.74 bits per heavy atom. The van der Waals surface area contributed by atoms with Gasteiger partial charge in [0, 0.05) is 37.6 Å². The van der Waals surface area contributed by atoms with E-state index in [0.29, 0.717) is 23.0 Å². The van der Waals surface area contributed by atoms with Gasteiger partial charge in [0.25, 0.3) is 11.5 Å². The molecule has 31 heavy (non-hydrogen) atoms. The molecule has 0 bridgehead atoms. The van der Waals surface area contributed by atoms with Gasteiger partial charge in [0.15, 0.2) is 5.69 Å². The number of carbonyl (C=O) groups is 1. The molecule has 0 unspecified atom stereocenters. The molecule has 1 saturated carbocycles. The molecule has 1 amide bonds. The highest BCUT2D eigenvalue weighted by Gasteiger charge is 2.25. The maximum Gasteiger partial charge on any atom is 0.274 e. The standard InChI is InChI=1S/C25H36N4O2/c1-18(2)16-29-25(31)22-11-7-6-10-21(22)23(27-29)24(30)26-20-12-14-28(15-13-20)17-19-8-4-3-5-9-19/h6-7,10-11,18-20H,3-5,8-9,12-17H2,1-2H3,(H,26,30). The fourth-order valence-corrected chi connectivity index (χ4v) is 5.12. The van der Waals surface area contributed by atoms with Gasteiger partial charge < -0.3 is 10.2 Å². The molecular weight excluding hydrogens is 388 g/mol. The van der Waals surface area contributed by atoms with Gasteiger partial charge in [-0.15, -0.1) is 0 Å². The number of rotatable bonds is 6. The number of amides is 1. The summed E-state index contributed by atoms with van der Waals surface area (Å²) in [6.45, 7) is 7.90. The first kappa shape index (κ1) is 22.0. The van der Waals surface area contributed by atoms with Crippen LogP contribution in [0.5, 0.6) is 0 Å². The molecule has 1 aromatic carbocycles. The molecule has 2 aromatic rings. The van der Waals surface area contributed by atoms with E-state index >= 15 is 0 Å². The van der Waals surface area contributed by atoms with Crippen LogP contribution in [0.15, 0.2) is 29.1 Å². The largest absolute Gasteiger partial charge is 0.348 e. The van der Waals surface area contributed by atoms with Crippen LogP contribution in [0.1, 0.15) is 69.3 Å². The van der Waals surface area contributed by atoms with Crippen LogP contribution in [0.2, 0.25) is 0 Å². The lowest BCUT2D eigenvalue weighted by atomic mass is 9.88. The van der Waals surface area contributed by atoms with E-state index in [1.807, 2.05) is 32.0 Å². The molecule has 0 atom stereocenters. The summed E-state index contributed by atoms with van der Waals surface area (Å²) < 4.78 is 1.45. The summed E-state index contributed by atoms with van der Waals surface area (Å²) in [6.07, 6.45) is 8.87. The lowest BCUT2D eigenvalue weighted by molar-refractivity contribution is 0.0895. The molecule has 6 nitrogen and oxygen atoms in total. The molecule has 1 aliphatic carbocycles. The van der Waals surface area contributed by atoms with Gasteiger partial charge in [-0.1, -0.05) is 51.3 Å². The Morgan fingerprint density at radius 1 is 1.06 bits per heavy atom. The van der Waals surface area contributed by atoms with Gasteiger partial charge in [0.05, 0.1) is 5.39 Å². The zero-order valence-corrected chi connectivity index (χ0v) is 19.0. The molecule has 6 heteroatoms. The number of aromatic nitrogens is 2. The lowest BCUT2D eigenvalue weighted by Crippen LogP contribution is -2.46. The average molecular weight is 425 g/mol. The molecule has 0 radical (unpaired) electrons. The Kier molecular flexibility index (Phi) is 7.06. The number of hydrogen-bond acceptors (Lipinski definition) is 4. The highest BCUT2D eigenvalue weighted by Crippen LogP contribution is 2.25. The quantitative estimate of drug-likeness (QED) is 0.765. The summed E-state index contributed by atoms with van der Waals surface area (Å²) in [5.41, 5.74) is 0.234. The summed E-state index contributed by atoms with van der Waals surface area (Å²) in [5, 5.41) is 8.89. The van der Waals surface area contributed by atoms with Gasteiger partial charge in [-0.25, -0.2) is 4.68 Å². The van der Waals surface area contributed by atoms with Crippen LogP contribution in [-0.4, -0.2) is 46.3 Å². The lowest BCUT2D eigenvalue weighted by Gasteiger charge is -2.35. The van der Waals surface area contributed by atoms with E-state index in [1.165, 1.54) is 43.3 Å². The van der Waals surface area contributed by atoms with Crippen molar-refractivity contribution < 1.29 is 4.79 Å². The summed E-state index contributed by atoms with van der Waals surface area (Å²) in [7, 11) is 0. The zero-order valence-electron chi connectivity index (χ0n) is 19.0. The second kappa shape index (κ2) is 9.94. The fraction of sp³-hybridized carbons (Fsp3) is 0.640. The van der Waals surface area contributed by atoms with E-state index in [1.54, 1.807) is 6.07 Å². The Morgan fingerprint density at radius 3 is 2.42 bits per heavy atom. The van der Waals surface area contributed by atoms with Gasteiger partial charge >= 0.3 is 0 Å². The van der Waals surface area contributed by atoms with Crippen molar-refractivity contribution in [3.63, 3.8) is 0 Å². The van der Waals surface area contributed by atoms with E-state index in [-0.39, 0.29) is 23.4 Å². The van der Waals surface area contributed by atoms with Crippen molar-refractivity contribution in [2.75, 3.05) is 19.6 Å². The molecule has 1 aliphatic heterocycles. The molecular formula is C25H36N4O2. The Labute approximate surface area is 185 Å². The van der Waals surface area contributed by atoms with Gasteiger partial charge in [-0.2, -0.15) is 5.10 Å². The topological polar surface area (TPSA) is 67.2 Å². The summed E-state index contributed by atoms with van der Waals surface area (Å²) >= 11 is 0. The third kappa shape index (κ3) is 5.35. The number of fused-ring (bicyclic) bond motifs is 1. The number of hydrogen-bond donors (Lipinski definition) is 1. The Balaban J connectivity index is 1.43. The van der Waals surface area contributed by atoms with Crippen molar-refractivity contribution in [1.82, 2.24) is 20.0 Å². The molecule has 0 spiro atoms. The van der Waals surface area contributed by atoms with Crippen molar-refractivity contribution in [3.05, 3.63) is 40.3 Å². The van der Waals surface area contributed by atoms with E-state index < -0.39 is 0 Å². The minimum atomic E-state index is -0.167. The third-order valence-electron chi connectivity index (χ3n) is 6.78. The van der Waals surface area contributed by atoms with Crippen molar-refractivity contribution in [2.45, 2.75) is 71.4 Å². The predicted octanol–water partition coefficient (Wildman–Crippen LogP) is 3.83. The van der Waals surface area contributed by atoms with Gasteiger partial charge in [-0.05, 0) is 43.6 Å². The first-order valence-electron chi connectivity index (χ1n) is 12.0. The van der Waals surface area contributed by atoms with Gasteiger partial charge in [-0.3, -0.25) is 9.59 Å². The second-order valence-electron chi connectivity index (χ2n) is 9.83. The monoisotopic (exact) mass is 424 g/mol. The number of nitrogens with one attached hydrogen (secondary N) is 1. The Bertz CT molecular complexity index is 954. The van der Waals surface area contributed by atoms with Crippen LogP contribution in [0.25, 0.3) is 10.8 Å². The maximum absolute atomic E-state index is 13.2. The highest BCUT2D eigenvalue weighted by atomic mass is 16.2. The fourth-order valence-electron chi connectivity index (χ4n) is 5.12. The number of benzene rings is 1. The summed E-state index contributed by atoms with van der Waals surface area (Å²) in [6, 6.07) is 7.48. The van der Waals surface area contributed by atoms with Gasteiger partial charge in [0.2, 0.25) is 0 Å². The van der Waals surface area contributed by atoms with Crippen LogP contribution >= 0.6 is 0 Å².